The second kappa shape index (κ2) is 6.24. The Hall–Kier alpha value is -1.30. The molecule has 1 N–H and O–H groups in total. The first-order valence-corrected chi connectivity index (χ1v) is 3.76. The van der Waals surface area contributed by atoms with Crippen LogP contribution in [0.1, 0.15) is 0 Å². The minimum Gasteiger partial charge on any atom is -0.466 e. The van der Waals surface area contributed by atoms with Gasteiger partial charge in [0, 0.05) is 12.2 Å². The van der Waals surface area contributed by atoms with Crippen LogP contribution in [0.3, 0.4) is 0 Å². The Morgan fingerprint density at radius 2 is 2.00 bits per heavy atom. The lowest BCUT2D eigenvalue weighted by Crippen LogP contribution is -2.25. The third-order valence-corrected chi connectivity index (χ3v) is 1.14. The van der Waals surface area contributed by atoms with Gasteiger partial charge in [-0.3, -0.25) is 9.59 Å². The van der Waals surface area contributed by atoms with Crippen molar-refractivity contribution >= 4 is 29.6 Å². The Balaban J connectivity index is 3.80. The van der Waals surface area contributed by atoms with E-state index in [1.807, 2.05) is 0 Å². The number of thiol groups is 1. The summed E-state index contributed by atoms with van der Waals surface area (Å²) in [6, 6.07) is 0. The second-order valence-corrected chi connectivity index (χ2v) is 2.47. The number of hydrogen-bond acceptors (Lipinski definition) is 4. The van der Waals surface area contributed by atoms with Gasteiger partial charge in [-0.15, -0.1) is 12.6 Å². The summed E-state index contributed by atoms with van der Waals surface area (Å²) >= 11 is 3.43. The third-order valence-electron chi connectivity index (χ3n) is 0.986. The highest BCUT2D eigenvalue weighted by Crippen LogP contribution is 1.80. The van der Waals surface area contributed by atoms with E-state index < -0.39 is 17.0 Å². The van der Waals surface area contributed by atoms with Crippen molar-refractivity contribution in [3.05, 3.63) is 12.2 Å². The molecule has 5 nitrogen and oxygen atoms in total. The lowest BCUT2D eigenvalue weighted by atomic mass is 10.4. The summed E-state index contributed by atoms with van der Waals surface area (Å²) in [4.78, 5) is 31.5. The summed E-state index contributed by atoms with van der Waals surface area (Å²) in [5, 5.41) is 1.74. The molecule has 0 bridgehead atoms. The van der Waals surface area contributed by atoms with Crippen LogP contribution in [0.2, 0.25) is 0 Å². The first-order valence-electron chi connectivity index (χ1n) is 3.32. The van der Waals surface area contributed by atoms with Gasteiger partial charge in [-0.05, 0) is 0 Å². The Bertz CT molecular complexity index is 249. The zero-order chi connectivity index (χ0) is 10.3. The number of hydrogen-bond donors (Lipinski definition) is 2. The fraction of sp³-hybridized carbons (Fsp3) is 0.286. The number of ether oxygens (including phenoxy) is 1. The van der Waals surface area contributed by atoms with Crippen molar-refractivity contribution in [1.29, 1.82) is 0 Å². The predicted molar refractivity (Wildman–Crippen MR) is 48.2 cm³/mol. The van der Waals surface area contributed by atoms with Crippen molar-refractivity contribution in [3.63, 3.8) is 0 Å². The van der Waals surface area contributed by atoms with E-state index in [0.29, 0.717) is 0 Å². The molecule has 0 saturated heterocycles. The molecule has 0 aliphatic carbocycles. The molecule has 0 aromatic heterocycles. The Kier molecular flexibility index (Phi) is 5.62. The fourth-order valence-electron chi connectivity index (χ4n) is 0.433. The molecule has 0 aromatic rings. The molecule has 0 atom stereocenters. The maximum Gasteiger partial charge on any atom is 0.330 e. The normalized spacial score (nSPS) is 9.69. The minimum atomic E-state index is -0.632. The van der Waals surface area contributed by atoms with E-state index in [-0.39, 0.29) is 6.54 Å². The minimum absolute atomic E-state index is 0.173. The summed E-state index contributed by atoms with van der Waals surface area (Å²) in [6.45, 7) is -0.173. The van der Waals surface area contributed by atoms with Crippen LogP contribution in [0, 0.1) is 0 Å². The molecule has 1 amide bonds. The highest BCUT2D eigenvalue weighted by molar-refractivity contribution is 7.96. The summed E-state index contributed by atoms with van der Waals surface area (Å²) in [6.07, 6.45) is 1.93. The quantitative estimate of drug-likeness (QED) is 0.359. The van der Waals surface area contributed by atoms with Crippen LogP contribution in [0.15, 0.2) is 12.2 Å². The number of methoxy groups -OCH3 is 1. The van der Waals surface area contributed by atoms with Gasteiger partial charge in [0.15, 0.2) is 0 Å². The van der Waals surface area contributed by atoms with E-state index in [1.165, 1.54) is 7.11 Å². The first-order chi connectivity index (χ1) is 6.06. The van der Waals surface area contributed by atoms with Crippen molar-refractivity contribution in [2.45, 2.75) is 0 Å². The largest absolute Gasteiger partial charge is 0.466 e. The number of esters is 1. The fourth-order valence-corrected chi connectivity index (χ4v) is 0.512. The van der Waals surface area contributed by atoms with Crippen molar-refractivity contribution in [2.75, 3.05) is 13.7 Å². The summed E-state index contributed by atoms with van der Waals surface area (Å²) < 4.78 is 4.24. The van der Waals surface area contributed by atoms with Gasteiger partial charge in [0.1, 0.15) is 0 Å². The summed E-state index contributed by atoms with van der Waals surface area (Å²) in [7, 11) is 1.20. The molecule has 0 aliphatic rings. The van der Waals surface area contributed by atoms with Gasteiger partial charge in [-0.25, -0.2) is 4.79 Å². The molecule has 0 saturated carbocycles. The third kappa shape index (κ3) is 7.07. The van der Waals surface area contributed by atoms with E-state index in [2.05, 4.69) is 22.7 Å². The number of nitrogens with one attached hydrogen (secondary N) is 1. The number of carbonyl (C=O) groups is 3. The van der Waals surface area contributed by atoms with Crippen molar-refractivity contribution in [2.24, 2.45) is 0 Å². The number of carbonyl (C=O) groups excluding carboxylic acids is 3. The zero-order valence-corrected chi connectivity index (χ0v) is 7.84. The van der Waals surface area contributed by atoms with E-state index >= 15 is 0 Å². The van der Waals surface area contributed by atoms with E-state index in [4.69, 9.17) is 0 Å². The van der Waals surface area contributed by atoms with Crippen LogP contribution in [-0.4, -0.2) is 30.6 Å². The topological polar surface area (TPSA) is 72.5 Å². The first kappa shape index (κ1) is 11.7. The highest BCUT2D eigenvalue weighted by Gasteiger charge is 1.99. The smallest absolute Gasteiger partial charge is 0.330 e. The average Bonchev–Trinajstić information content (AvgIpc) is 2.10. The van der Waals surface area contributed by atoms with Gasteiger partial charge < -0.3 is 10.1 Å². The maximum absolute atomic E-state index is 10.8. The molecule has 0 fully saturated rings. The SMILES string of the molecule is COC(=O)C=CC(=O)NCC(=O)S. The lowest BCUT2D eigenvalue weighted by Gasteiger charge is -1.95. The number of rotatable bonds is 4. The van der Waals surface area contributed by atoms with Crippen LogP contribution < -0.4 is 5.32 Å². The highest BCUT2D eigenvalue weighted by atomic mass is 32.1. The van der Waals surface area contributed by atoms with E-state index in [9.17, 15) is 14.4 Å². The van der Waals surface area contributed by atoms with E-state index in [1.54, 1.807) is 0 Å². The molecule has 0 rings (SSSR count). The van der Waals surface area contributed by atoms with Gasteiger partial charge in [0.25, 0.3) is 0 Å². The van der Waals surface area contributed by atoms with Crippen LogP contribution in [0.5, 0.6) is 0 Å². The average molecular weight is 203 g/mol. The summed E-state index contributed by atoms with van der Waals surface area (Å²) in [5.41, 5.74) is 0. The molecule has 0 radical (unpaired) electrons. The molecule has 72 valence electrons. The van der Waals surface area contributed by atoms with Gasteiger partial charge in [-0.1, -0.05) is 0 Å². The molecular weight excluding hydrogens is 194 g/mol. The monoisotopic (exact) mass is 203 g/mol. The Labute approximate surface area is 80.5 Å². The molecule has 0 spiro atoms. The van der Waals surface area contributed by atoms with Crippen molar-refractivity contribution in [1.82, 2.24) is 5.32 Å². The van der Waals surface area contributed by atoms with Crippen LogP contribution in [0.4, 0.5) is 0 Å². The predicted octanol–water partition coefficient (Wildman–Crippen LogP) is -0.712. The molecule has 13 heavy (non-hydrogen) atoms. The Morgan fingerprint density at radius 1 is 1.38 bits per heavy atom. The molecule has 0 unspecified atom stereocenters. The van der Waals surface area contributed by atoms with Crippen molar-refractivity contribution < 1.29 is 19.1 Å². The zero-order valence-electron chi connectivity index (χ0n) is 6.94. The summed E-state index contributed by atoms with van der Waals surface area (Å²) in [5.74, 6) is -1.18. The van der Waals surface area contributed by atoms with Crippen LogP contribution >= 0.6 is 12.6 Å². The second-order valence-electron chi connectivity index (χ2n) is 1.97. The van der Waals surface area contributed by atoms with Crippen molar-refractivity contribution in [3.8, 4) is 0 Å². The lowest BCUT2D eigenvalue weighted by molar-refractivity contribution is -0.135. The van der Waals surface area contributed by atoms with Crippen LogP contribution in [0.25, 0.3) is 0 Å². The van der Waals surface area contributed by atoms with E-state index in [0.717, 1.165) is 12.2 Å². The molecule has 6 heteroatoms. The molecule has 0 heterocycles. The van der Waals surface area contributed by atoms with Gasteiger partial charge >= 0.3 is 5.97 Å². The molecule has 0 aromatic carbocycles. The maximum atomic E-state index is 10.8. The van der Waals surface area contributed by atoms with Crippen LogP contribution in [-0.2, 0) is 19.1 Å². The van der Waals surface area contributed by atoms with Gasteiger partial charge in [-0.2, -0.15) is 0 Å². The standard InChI is InChI=1S/C7H9NO4S/c1-12-6(10)3-2-5(9)8-4-7(11)13/h2-3H,4H2,1H3,(H,8,9)(H,11,13). The Morgan fingerprint density at radius 3 is 2.46 bits per heavy atom. The number of amides is 1. The molecular formula is C7H9NO4S. The van der Waals surface area contributed by atoms with Gasteiger partial charge in [0.05, 0.1) is 13.7 Å². The van der Waals surface area contributed by atoms with Gasteiger partial charge in [0.2, 0.25) is 11.0 Å². The molecule has 0 aliphatic heterocycles.